The van der Waals surface area contributed by atoms with E-state index in [0.717, 1.165) is 18.6 Å². The summed E-state index contributed by atoms with van der Waals surface area (Å²) in [6.45, 7) is 7.21. The lowest BCUT2D eigenvalue weighted by atomic mass is 10.0. The van der Waals surface area contributed by atoms with Crippen molar-refractivity contribution in [3.63, 3.8) is 0 Å². The number of nitrogens with two attached hydrogens (primary N) is 1. The number of hydrogen-bond acceptors (Lipinski definition) is 5. The van der Waals surface area contributed by atoms with Gasteiger partial charge in [-0.05, 0) is 50.0 Å². The first-order chi connectivity index (χ1) is 16.5. The fourth-order valence-corrected chi connectivity index (χ4v) is 3.16. The van der Waals surface area contributed by atoms with Gasteiger partial charge in [0.1, 0.15) is 17.3 Å². The van der Waals surface area contributed by atoms with Gasteiger partial charge >= 0.3 is 6.18 Å². The molecule has 1 aliphatic heterocycles. The van der Waals surface area contributed by atoms with Crippen molar-refractivity contribution in [2.75, 3.05) is 19.7 Å². The van der Waals surface area contributed by atoms with Crippen LogP contribution in [0.4, 0.5) is 13.2 Å². The number of rotatable bonds is 11. The molecule has 0 radical (unpaired) electrons. The second-order valence-electron chi connectivity index (χ2n) is 8.21. The highest BCUT2D eigenvalue weighted by Crippen LogP contribution is 2.32. The Hall–Kier alpha value is -3.34. The summed E-state index contributed by atoms with van der Waals surface area (Å²) in [5, 5.41) is 11.3. The number of carbonyl (C=O) groups is 2. The van der Waals surface area contributed by atoms with Crippen molar-refractivity contribution in [3.05, 3.63) is 53.9 Å². The van der Waals surface area contributed by atoms with E-state index in [1.54, 1.807) is 11.1 Å². The van der Waals surface area contributed by atoms with Gasteiger partial charge in [0.15, 0.2) is 0 Å². The molecular weight excluding hydrogens is 465 g/mol. The van der Waals surface area contributed by atoms with Crippen molar-refractivity contribution in [2.45, 2.75) is 45.8 Å². The van der Waals surface area contributed by atoms with Gasteiger partial charge in [-0.25, -0.2) is 0 Å². The topological polar surface area (TPSA) is 117 Å². The lowest BCUT2D eigenvalue weighted by Crippen LogP contribution is -2.36. The number of nitrogens with zero attached hydrogens (tertiary/aromatic N) is 2. The van der Waals surface area contributed by atoms with Gasteiger partial charge in [-0.2, -0.15) is 18.2 Å². The van der Waals surface area contributed by atoms with E-state index in [-0.39, 0.29) is 36.7 Å². The molecule has 2 amide bonds. The molecule has 2 rings (SSSR count). The first-order valence-corrected chi connectivity index (χ1v) is 11.1. The number of aliphatic hydroxyl groups excluding tert-OH is 1. The molecule has 35 heavy (non-hydrogen) atoms. The highest BCUT2D eigenvalue weighted by molar-refractivity contribution is 5.95. The zero-order valence-electron chi connectivity index (χ0n) is 20.1. The van der Waals surface area contributed by atoms with Crippen LogP contribution in [0.3, 0.4) is 0 Å². The Labute approximate surface area is 203 Å². The molecule has 0 bridgehead atoms. The van der Waals surface area contributed by atoms with Crippen molar-refractivity contribution in [2.24, 2.45) is 16.6 Å². The zero-order chi connectivity index (χ0) is 26.4. The fourth-order valence-electron chi connectivity index (χ4n) is 3.16. The van der Waals surface area contributed by atoms with Gasteiger partial charge in [-0.1, -0.05) is 19.9 Å². The summed E-state index contributed by atoms with van der Waals surface area (Å²) in [4.78, 5) is 26.8. The minimum absolute atomic E-state index is 0.0568. The highest BCUT2D eigenvalue weighted by atomic mass is 19.4. The minimum atomic E-state index is -4.42. The third kappa shape index (κ3) is 11.6. The van der Waals surface area contributed by atoms with Gasteiger partial charge in [-0.3, -0.25) is 9.59 Å². The highest BCUT2D eigenvalue weighted by Gasteiger charge is 2.31. The molecule has 1 heterocycles. The number of benzene rings is 1. The maximum atomic E-state index is 12.7. The van der Waals surface area contributed by atoms with Crippen molar-refractivity contribution in [1.82, 2.24) is 10.2 Å². The largest absolute Gasteiger partial charge is 0.460 e. The van der Waals surface area contributed by atoms with E-state index in [1.165, 1.54) is 24.3 Å². The van der Waals surface area contributed by atoms with Crippen LogP contribution >= 0.6 is 0 Å². The molecule has 1 aromatic carbocycles. The van der Waals surface area contributed by atoms with Crippen molar-refractivity contribution in [3.8, 4) is 5.75 Å². The van der Waals surface area contributed by atoms with E-state index in [2.05, 4.69) is 24.2 Å². The van der Waals surface area contributed by atoms with Crippen LogP contribution in [-0.4, -0.2) is 53.9 Å². The van der Waals surface area contributed by atoms with Crippen LogP contribution in [0.15, 0.2) is 53.4 Å². The van der Waals surface area contributed by atoms with E-state index in [0.29, 0.717) is 31.1 Å². The molecular formula is C24H33F3N4O4. The van der Waals surface area contributed by atoms with Gasteiger partial charge in [-0.15, -0.1) is 0 Å². The lowest BCUT2D eigenvalue weighted by Gasteiger charge is -2.26. The van der Waals surface area contributed by atoms with Gasteiger partial charge in [0.05, 0.1) is 12.1 Å². The summed E-state index contributed by atoms with van der Waals surface area (Å²) in [5.41, 5.74) is 4.47. The number of hydrogen-bond donors (Lipinski definition) is 3. The van der Waals surface area contributed by atoms with Gasteiger partial charge in [0.25, 0.3) is 5.91 Å². The molecule has 0 fully saturated rings. The number of amidine groups is 1. The van der Waals surface area contributed by atoms with Gasteiger partial charge < -0.3 is 25.8 Å². The Kier molecular flexibility index (Phi) is 12.6. The molecule has 0 aliphatic carbocycles. The average molecular weight is 499 g/mol. The SMILES string of the molecule is CC(C)CC(C)N1CC(Oc2cccc(C(F)(F)F)c2)=CC1=O.NC(/C=C\NCCCO)=NC=O. The number of amides is 2. The quantitative estimate of drug-likeness (QED) is 0.187. The van der Waals surface area contributed by atoms with Crippen LogP contribution < -0.4 is 15.8 Å². The van der Waals surface area contributed by atoms with Crippen LogP contribution in [0.2, 0.25) is 0 Å². The number of nitrogens with one attached hydrogen (secondary N) is 1. The molecule has 1 unspecified atom stereocenters. The summed E-state index contributed by atoms with van der Waals surface area (Å²) < 4.78 is 43.6. The first-order valence-electron chi connectivity index (χ1n) is 11.1. The molecule has 11 heteroatoms. The second-order valence-corrected chi connectivity index (χ2v) is 8.21. The smallest absolute Gasteiger partial charge is 0.416 e. The Morgan fingerprint density at radius 1 is 1.34 bits per heavy atom. The van der Waals surface area contributed by atoms with Crippen LogP contribution in [0, 0.1) is 5.92 Å². The fraction of sp³-hybridized carbons (Fsp3) is 0.458. The lowest BCUT2D eigenvalue weighted by molar-refractivity contribution is -0.137. The number of alkyl halides is 3. The summed E-state index contributed by atoms with van der Waals surface area (Å²) in [6.07, 6.45) is 1.90. The van der Waals surface area contributed by atoms with Gasteiger partial charge in [0, 0.05) is 31.5 Å². The monoisotopic (exact) mass is 498 g/mol. The van der Waals surface area contributed by atoms with Crippen LogP contribution in [-0.2, 0) is 15.8 Å². The second kappa shape index (κ2) is 14.8. The van der Waals surface area contributed by atoms with E-state index < -0.39 is 11.7 Å². The third-order valence-corrected chi connectivity index (χ3v) is 4.70. The van der Waals surface area contributed by atoms with Crippen molar-refractivity contribution >= 4 is 18.2 Å². The number of aliphatic hydroxyl groups is 1. The number of ether oxygens (including phenoxy) is 1. The molecule has 1 atom stereocenters. The number of aliphatic imine (C=N–C) groups is 1. The minimum Gasteiger partial charge on any atom is -0.460 e. The van der Waals surface area contributed by atoms with Crippen molar-refractivity contribution in [1.29, 1.82) is 0 Å². The molecule has 0 spiro atoms. The van der Waals surface area contributed by atoms with Crippen LogP contribution in [0.5, 0.6) is 5.75 Å². The third-order valence-electron chi connectivity index (χ3n) is 4.70. The van der Waals surface area contributed by atoms with E-state index in [1.807, 2.05) is 6.92 Å². The molecule has 0 saturated heterocycles. The van der Waals surface area contributed by atoms with Crippen LogP contribution in [0.25, 0.3) is 0 Å². The van der Waals surface area contributed by atoms with Crippen molar-refractivity contribution < 1.29 is 32.6 Å². The van der Waals surface area contributed by atoms with E-state index in [4.69, 9.17) is 15.6 Å². The number of halogens is 3. The summed E-state index contributed by atoms with van der Waals surface area (Å²) in [7, 11) is 0. The Morgan fingerprint density at radius 3 is 2.66 bits per heavy atom. The van der Waals surface area contributed by atoms with Crippen LogP contribution in [0.1, 0.15) is 39.2 Å². The number of carbonyl (C=O) groups excluding carboxylic acids is 2. The summed E-state index contributed by atoms with van der Waals surface area (Å²) >= 11 is 0. The predicted molar refractivity (Wildman–Crippen MR) is 127 cm³/mol. The molecule has 4 N–H and O–H groups in total. The Morgan fingerprint density at radius 2 is 2.06 bits per heavy atom. The predicted octanol–water partition coefficient (Wildman–Crippen LogP) is 3.23. The summed E-state index contributed by atoms with van der Waals surface area (Å²) in [5.74, 6) is 0.884. The molecule has 194 valence electrons. The zero-order valence-corrected chi connectivity index (χ0v) is 20.1. The normalized spacial score (nSPS) is 15.1. The Balaban J connectivity index is 0.000000434. The van der Waals surface area contributed by atoms with Gasteiger partial charge in [0.2, 0.25) is 6.41 Å². The molecule has 1 aromatic rings. The van der Waals surface area contributed by atoms with E-state index in [9.17, 15) is 22.8 Å². The molecule has 8 nitrogen and oxygen atoms in total. The standard InChI is InChI=1S/C17H20F3NO2.C7H13N3O2/c1-11(2)7-12(3)21-10-15(9-16(21)22)23-14-6-4-5-13(8-14)17(18,19)20;8-7(10-6-12)2-4-9-3-1-5-11/h4-6,8-9,11-12H,7,10H2,1-3H3;2,4,6,9,11H,1,3,5H2,(H2,8,10,12)/b;4-2-. The molecule has 1 aliphatic rings. The average Bonchev–Trinajstić information content (AvgIpc) is 3.13. The summed E-state index contributed by atoms with van der Waals surface area (Å²) in [6, 6.07) is 4.71. The molecule has 0 aromatic heterocycles. The maximum absolute atomic E-state index is 12.7. The first kappa shape index (κ1) is 29.7. The van der Waals surface area contributed by atoms with E-state index >= 15 is 0 Å². The molecule has 0 saturated carbocycles. The Bertz CT molecular complexity index is 914. The maximum Gasteiger partial charge on any atom is 0.416 e.